The number of anilines is 1. The highest BCUT2D eigenvalue weighted by molar-refractivity contribution is 5.42. The van der Waals surface area contributed by atoms with Gasteiger partial charge >= 0.3 is 0 Å². The number of nitrogens with one attached hydrogen (secondary N) is 2. The molecule has 2 aromatic carbocycles. The number of halogens is 2. The fourth-order valence-corrected chi connectivity index (χ4v) is 4.58. The van der Waals surface area contributed by atoms with Crippen LogP contribution in [0.4, 0.5) is 14.6 Å². The molecule has 0 amide bonds. The number of hydrogen-bond donors (Lipinski definition) is 2. The first-order valence-corrected chi connectivity index (χ1v) is 11.9. The molecule has 3 aromatic rings. The molecule has 178 valence electrons. The van der Waals surface area contributed by atoms with Crippen molar-refractivity contribution in [2.75, 3.05) is 37.6 Å². The van der Waals surface area contributed by atoms with Crippen molar-refractivity contribution in [3.8, 4) is 5.69 Å². The minimum absolute atomic E-state index is 0.185. The van der Waals surface area contributed by atoms with Gasteiger partial charge in [0.2, 0.25) is 0 Å². The van der Waals surface area contributed by atoms with Crippen molar-refractivity contribution in [2.45, 2.75) is 31.2 Å². The molecule has 34 heavy (non-hydrogen) atoms. The lowest BCUT2D eigenvalue weighted by molar-refractivity contribution is 0.579. The van der Waals surface area contributed by atoms with Crippen LogP contribution in [0.15, 0.2) is 59.5 Å². The summed E-state index contributed by atoms with van der Waals surface area (Å²) >= 11 is 0. The van der Waals surface area contributed by atoms with E-state index in [9.17, 15) is 13.6 Å². The van der Waals surface area contributed by atoms with E-state index >= 15 is 0 Å². The largest absolute Gasteiger partial charge is 0.349 e. The third kappa shape index (κ3) is 5.18. The van der Waals surface area contributed by atoms with Crippen LogP contribution < -0.4 is 21.1 Å². The van der Waals surface area contributed by atoms with Crippen LogP contribution in [0, 0.1) is 11.6 Å². The molecular formula is C26H29F2N5O. The number of nitrogens with zero attached hydrogens (tertiary/aromatic N) is 3. The van der Waals surface area contributed by atoms with E-state index in [-0.39, 0.29) is 17.2 Å². The third-order valence-electron chi connectivity index (χ3n) is 6.56. The van der Waals surface area contributed by atoms with Gasteiger partial charge in [-0.2, -0.15) is 0 Å². The monoisotopic (exact) mass is 465 g/mol. The predicted molar refractivity (Wildman–Crippen MR) is 129 cm³/mol. The summed E-state index contributed by atoms with van der Waals surface area (Å²) in [6.45, 7) is 3.90. The van der Waals surface area contributed by atoms with Crippen molar-refractivity contribution in [3.63, 3.8) is 0 Å². The zero-order valence-corrected chi connectivity index (χ0v) is 19.0. The van der Waals surface area contributed by atoms with Crippen molar-refractivity contribution in [1.82, 2.24) is 20.2 Å². The van der Waals surface area contributed by atoms with Crippen molar-refractivity contribution in [2.24, 2.45) is 0 Å². The van der Waals surface area contributed by atoms with Gasteiger partial charge in [-0.05, 0) is 67.8 Å². The Labute approximate surface area is 197 Å². The van der Waals surface area contributed by atoms with Crippen LogP contribution in [0.2, 0.25) is 0 Å². The summed E-state index contributed by atoms with van der Waals surface area (Å²) in [6, 6.07) is 13.1. The number of aryl methyl sites for hydroxylation is 1. The Kier molecular flexibility index (Phi) is 6.69. The Morgan fingerprint density at radius 1 is 1.00 bits per heavy atom. The van der Waals surface area contributed by atoms with Crippen molar-refractivity contribution in [3.05, 3.63) is 88.0 Å². The van der Waals surface area contributed by atoms with Gasteiger partial charge in [0.05, 0.1) is 5.69 Å². The predicted octanol–water partition coefficient (Wildman–Crippen LogP) is 3.00. The Balaban J connectivity index is 1.26. The zero-order chi connectivity index (χ0) is 23.5. The summed E-state index contributed by atoms with van der Waals surface area (Å²) in [7, 11) is 0. The van der Waals surface area contributed by atoms with Crippen molar-refractivity contribution >= 4 is 5.82 Å². The molecule has 2 atom stereocenters. The maximum atomic E-state index is 13.4. The molecule has 2 N–H and O–H groups in total. The molecule has 8 heteroatoms. The molecule has 0 radical (unpaired) electrons. The lowest BCUT2D eigenvalue weighted by atomic mass is 10.1. The van der Waals surface area contributed by atoms with E-state index in [4.69, 9.17) is 4.98 Å². The van der Waals surface area contributed by atoms with Gasteiger partial charge in [0.15, 0.2) is 5.82 Å². The Morgan fingerprint density at radius 3 is 2.38 bits per heavy atom. The Hall–Kier alpha value is -3.10. The second-order valence-corrected chi connectivity index (χ2v) is 9.00. The van der Waals surface area contributed by atoms with E-state index in [0.29, 0.717) is 23.5 Å². The van der Waals surface area contributed by atoms with Crippen LogP contribution in [0.1, 0.15) is 30.0 Å². The molecule has 5 rings (SSSR count). The maximum Gasteiger partial charge on any atom is 0.298 e. The standard InChI is InChI=1S/C26H29F2N5O/c27-19-5-3-18(4-6-19)23-16-24(23)30-11-1-2-21-17-33(22-9-7-20(28)8-10-22)26(34)25(31-21)32-14-12-29-13-15-32/h3-10,17,23-24,29-30H,1-2,11-16H2/t23-,24+/m0/s1. The SMILES string of the molecule is O=c1c(N2CCNCC2)nc(CCCN[C@@H]2C[C@H]2c2ccc(F)cc2)cn1-c1ccc(F)cc1. The van der Waals surface area contributed by atoms with Crippen LogP contribution >= 0.6 is 0 Å². The van der Waals surface area contributed by atoms with Gasteiger partial charge in [0.25, 0.3) is 5.56 Å². The topological polar surface area (TPSA) is 62.2 Å². The molecule has 1 saturated carbocycles. The quantitative estimate of drug-likeness (QED) is 0.501. The first-order valence-electron chi connectivity index (χ1n) is 11.9. The number of piperazine rings is 1. The number of aromatic nitrogens is 2. The fourth-order valence-electron chi connectivity index (χ4n) is 4.58. The summed E-state index contributed by atoms with van der Waals surface area (Å²) < 4.78 is 28.2. The van der Waals surface area contributed by atoms with E-state index in [1.165, 1.54) is 29.8 Å². The minimum Gasteiger partial charge on any atom is -0.349 e. The van der Waals surface area contributed by atoms with Gasteiger partial charge in [0.1, 0.15) is 11.6 Å². The molecule has 2 heterocycles. The molecule has 0 bridgehead atoms. The van der Waals surface area contributed by atoms with E-state index in [0.717, 1.165) is 57.7 Å². The molecule has 1 aromatic heterocycles. The normalized spacial score (nSPS) is 19.9. The van der Waals surface area contributed by atoms with E-state index < -0.39 is 0 Å². The highest BCUT2D eigenvalue weighted by Crippen LogP contribution is 2.40. The van der Waals surface area contributed by atoms with E-state index in [1.54, 1.807) is 22.9 Å². The molecule has 0 spiro atoms. The van der Waals surface area contributed by atoms with Crippen molar-refractivity contribution < 1.29 is 8.78 Å². The minimum atomic E-state index is -0.335. The average Bonchev–Trinajstić information content (AvgIpc) is 3.64. The summed E-state index contributed by atoms with van der Waals surface area (Å²) in [5, 5.41) is 6.88. The Bertz CT molecular complexity index is 1170. The van der Waals surface area contributed by atoms with Crippen LogP contribution in [0.25, 0.3) is 5.69 Å². The van der Waals surface area contributed by atoms with E-state index in [1.807, 2.05) is 17.0 Å². The number of hydrogen-bond acceptors (Lipinski definition) is 5. The van der Waals surface area contributed by atoms with Crippen LogP contribution in [0.3, 0.4) is 0 Å². The summed E-state index contributed by atoms with van der Waals surface area (Å²) in [4.78, 5) is 20.0. The fraction of sp³-hybridized carbons (Fsp3) is 0.385. The smallest absolute Gasteiger partial charge is 0.298 e. The summed E-state index contributed by atoms with van der Waals surface area (Å²) in [5.41, 5.74) is 2.46. The van der Waals surface area contributed by atoms with Gasteiger partial charge in [-0.15, -0.1) is 0 Å². The molecule has 2 aliphatic rings. The third-order valence-corrected chi connectivity index (χ3v) is 6.56. The second kappa shape index (κ2) is 10.0. The number of benzene rings is 2. The molecule has 0 unspecified atom stereocenters. The first kappa shape index (κ1) is 22.7. The lowest BCUT2D eigenvalue weighted by Gasteiger charge is -2.28. The van der Waals surface area contributed by atoms with Gasteiger partial charge in [-0.1, -0.05) is 12.1 Å². The lowest BCUT2D eigenvalue weighted by Crippen LogP contribution is -2.46. The van der Waals surface area contributed by atoms with E-state index in [2.05, 4.69) is 10.6 Å². The first-order chi connectivity index (χ1) is 16.6. The Morgan fingerprint density at radius 2 is 1.68 bits per heavy atom. The maximum absolute atomic E-state index is 13.4. The highest BCUT2D eigenvalue weighted by Gasteiger charge is 2.37. The van der Waals surface area contributed by atoms with Gasteiger partial charge in [-0.3, -0.25) is 9.36 Å². The van der Waals surface area contributed by atoms with Crippen LogP contribution in [-0.2, 0) is 6.42 Å². The molecule has 1 aliphatic carbocycles. The van der Waals surface area contributed by atoms with Crippen LogP contribution in [-0.4, -0.2) is 48.3 Å². The van der Waals surface area contributed by atoms with Crippen LogP contribution in [0.5, 0.6) is 0 Å². The van der Waals surface area contributed by atoms with Crippen molar-refractivity contribution in [1.29, 1.82) is 0 Å². The van der Waals surface area contributed by atoms with Gasteiger partial charge < -0.3 is 15.5 Å². The second-order valence-electron chi connectivity index (χ2n) is 9.00. The summed E-state index contributed by atoms with van der Waals surface area (Å²) in [6.07, 6.45) is 4.44. The average molecular weight is 466 g/mol. The van der Waals surface area contributed by atoms with Gasteiger partial charge in [0, 0.05) is 50.0 Å². The van der Waals surface area contributed by atoms with Gasteiger partial charge in [-0.25, -0.2) is 13.8 Å². The molecule has 6 nitrogen and oxygen atoms in total. The zero-order valence-electron chi connectivity index (χ0n) is 19.0. The molecular weight excluding hydrogens is 436 g/mol. The molecule has 2 fully saturated rings. The highest BCUT2D eigenvalue weighted by atomic mass is 19.1. The number of rotatable bonds is 8. The summed E-state index contributed by atoms with van der Waals surface area (Å²) in [5.74, 6) is 0.357. The molecule has 1 saturated heterocycles. The molecule has 1 aliphatic heterocycles.